The minimum absolute atomic E-state index is 0.140. The monoisotopic (exact) mass is 318 g/mol. The van der Waals surface area contributed by atoms with E-state index in [-0.39, 0.29) is 6.61 Å². The van der Waals surface area contributed by atoms with E-state index < -0.39 is 0 Å². The molecule has 0 radical (unpaired) electrons. The van der Waals surface area contributed by atoms with Crippen molar-refractivity contribution < 1.29 is 5.11 Å². The van der Waals surface area contributed by atoms with E-state index in [9.17, 15) is 5.11 Å². The number of rotatable bonds is 2. The van der Waals surface area contributed by atoms with Crippen molar-refractivity contribution in [3.8, 4) is 0 Å². The highest BCUT2D eigenvalue weighted by Gasteiger charge is 2.09. The van der Waals surface area contributed by atoms with E-state index in [1.807, 2.05) is 0 Å². The van der Waals surface area contributed by atoms with E-state index >= 15 is 0 Å². The largest absolute Gasteiger partial charge is 0.392 e. The topological polar surface area (TPSA) is 20.2 Å². The van der Waals surface area contributed by atoms with Crippen LogP contribution in [0.15, 0.2) is 17.5 Å². The van der Waals surface area contributed by atoms with Gasteiger partial charge in [-0.1, -0.05) is 13.0 Å². The van der Waals surface area contributed by atoms with Crippen LogP contribution in [0.5, 0.6) is 0 Å². The lowest BCUT2D eigenvalue weighted by Gasteiger charge is -2.06. The number of aryl methyl sites for hydroxylation is 1. The number of fused-ring (bicyclic) bond motifs is 1. The summed E-state index contributed by atoms with van der Waals surface area (Å²) in [4.78, 5) is 0. The van der Waals surface area contributed by atoms with Crippen molar-refractivity contribution >= 4 is 44.0 Å². The van der Waals surface area contributed by atoms with Crippen LogP contribution in [0, 0.1) is 3.57 Å². The zero-order chi connectivity index (χ0) is 10.1. The minimum atomic E-state index is 0.140. The lowest BCUT2D eigenvalue weighted by atomic mass is 10.1. The lowest BCUT2D eigenvalue weighted by molar-refractivity contribution is 0.283. The van der Waals surface area contributed by atoms with Crippen molar-refractivity contribution in [3.63, 3.8) is 0 Å². The molecule has 0 fully saturated rings. The van der Waals surface area contributed by atoms with Crippen molar-refractivity contribution in [1.82, 2.24) is 0 Å². The third kappa shape index (κ3) is 1.57. The van der Waals surface area contributed by atoms with Crippen LogP contribution in [0.25, 0.3) is 10.1 Å². The normalized spacial score (nSPS) is 11.1. The van der Waals surface area contributed by atoms with Crippen molar-refractivity contribution in [3.05, 3.63) is 32.2 Å². The van der Waals surface area contributed by atoms with Gasteiger partial charge in [-0.3, -0.25) is 0 Å². The molecule has 1 N–H and O–H groups in total. The number of benzene rings is 1. The maximum absolute atomic E-state index is 9.27. The number of aliphatic hydroxyl groups is 1. The van der Waals surface area contributed by atoms with E-state index in [0.29, 0.717) is 0 Å². The van der Waals surface area contributed by atoms with Crippen LogP contribution in [0.1, 0.15) is 18.1 Å². The Labute approximate surface area is 101 Å². The summed E-state index contributed by atoms with van der Waals surface area (Å²) in [6.45, 7) is 2.29. The number of aliphatic hydroxyl groups excluding tert-OH is 1. The fourth-order valence-electron chi connectivity index (χ4n) is 1.62. The highest BCUT2D eigenvalue weighted by atomic mass is 127. The number of halogens is 1. The van der Waals surface area contributed by atoms with Crippen LogP contribution in [-0.2, 0) is 13.0 Å². The molecule has 1 aromatic heterocycles. The Bertz CT molecular complexity index is 462. The molecule has 0 saturated heterocycles. The molecule has 3 heteroatoms. The molecule has 0 aliphatic heterocycles. The molecular formula is C11H11IOS. The number of thiophene rings is 1. The Balaban J connectivity index is 2.80. The first kappa shape index (κ1) is 10.4. The molecule has 0 bridgehead atoms. The average molecular weight is 318 g/mol. The summed E-state index contributed by atoms with van der Waals surface area (Å²) in [6, 6.07) is 4.26. The van der Waals surface area contributed by atoms with Crippen LogP contribution < -0.4 is 0 Å². The van der Waals surface area contributed by atoms with Crippen molar-refractivity contribution in [1.29, 1.82) is 0 Å². The van der Waals surface area contributed by atoms with E-state index in [2.05, 4.69) is 47.0 Å². The van der Waals surface area contributed by atoms with Crippen molar-refractivity contribution in [2.45, 2.75) is 20.0 Å². The highest BCUT2D eigenvalue weighted by molar-refractivity contribution is 14.1. The molecule has 0 amide bonds. The van der Waals surface area contributed by atoms with Gasteiger partial charge in [0.1, 0.15) is 0 Å². The molecule has 0 spiro atoms. The predicted octanol–water partition coefficient (Wildman–Crippen LogP) is 3.56. The predicted molar refractivity (Wildman–Crippen MR) is 69.8 cm³/mol. The summed E-state index contributed by atoms with van der Waals surface area (Å²) < 4.78 is 2.56. The summed E-state index contributed by atoms with van der Waals surface area (Å²) >= 11 is 4.10. The first-order valence-electron chi connectivity index (χ1n) is 4.56. The molecular weight excluding hydrogens is 307 g/mol. The molecule has 1 nitrogen and oxygen atoms in total. The molecule has 2 aromatic rings. The van der Waals surface area contributed by atoms with Gasteiger partial charge in [-0.15, -0.1) is 11.3 Å². The maximum atomic E-state index is 9.27. The first-order chi connectivity index (χ1) is 6.77. The van der Waals surface area contributed by atoms with Gasteiger partial charge >= 0.3 is 0 Å². The van der Waals surface area contributed by atoms with Gasteiger partial charge in [0.15, 0.2) is 0 Å². The lowest BCUT2D eigenvalue weighted by Crippen LogP contribution is -1.92. The molecule has 1 aromatic carbocycles. The second-order valence-corrected chi connectivity index (χ2v) is 5.18. The van der Waals surface area contributed by atoms with Gasteiger partial charge in [-0.05, 0) is 51.6 Å². The Kier molecular flexibility index (Phi) is 3.09. The third-order valence-electron chi connectivity index (χ3n) is 2.37. The average Bonchev–Trinajstić information content (AvgIpc) is 2.68. The van der Waals surface area contributed by atoms with Crippen molar-refractivity contribution in [2.75, 3.05) is 0 Å². The quantitative estimate of drug-likeness (QED) is 0.840. The Morgan fingerprint density at radius 2 is 2.21 bits per heavy atom. The summed E-state index contributed by atoms with van der Waals surface area (Å²) in [5.41, 5.74) is 2.40. The van der Waals surface area contributed by atoms with Crippen LogP contribution >= 0.6 is 33.9 Å². The van der Waals surface area contributed by atoms with Gasteiger partial charge in [0, 0.05) is 13.7 Å². The maximum Gasteiger partial charge on any atom is 0.0695 e. The van der Waals surface area contributed by atoms with Gasteiger partial charge in [-0.25, -0.2) is 0 Å². The SMILES string of the molecule is CCc1cc(CO)c2sccc2c1I. The molecule has 2 rings (SSSR count). The fraction of sp³-hybridized carbons (Fsp3) is 0.273. The summed E-state index contributed by atoms with van der Waals surface area (Å²) in [5, 5.41) is 12.6. The second-order valence-electron chi connectivity index (χ2n) is 3.18. The number of hydrogen-bond donors (Lipinski definition) is 1. The Hall–Kier alpha value is -0.130. The second kappa shape index (κ2) is 4.16. The standard InChI is InChI=1S/C11H11IOS/c1-2-7-5-8(6-13)11-9(10(7)12)3-4-14-11/h3-5,13H,2,6H2,1H3. The summed E-state index contributed by atoms with van der Waals surface area (Å²) in [7, 11) is 0. The molecule has 0 atom stereocenters. The van der Waals surface area contributed by atoms with Gasteiger partial charge in [0.25, 0.3) is 0 Å². The minimum Gasteiger partial charge on any atom is -0.392 e. The first-order valence-corrected chi connectivity index (χ1v) is 6.52. The molecule has 14 heavy (non-hydrogen) atoms. The van der Waals surface area contributed by atoms with E-state index in [4.69, 9.17) is 0 Å². The van der Waals surface area contributed by atoms with E-state index in [1.54, 1.807) is 11.3 Å². The van der Waals surface area contributed by atoms with Crippen LogP contribution in [0.3, 0.4) is 0 Å². The number of hydrogen-bond acceptors (Lipinski definition) is 2. The molecule has 0 aliphatic carbocycles. The Morgan fingerprint density at radius 3 is 2.86 bits per heavy atom. The highest BCUT2D eigenvalue weighted by Crippen LogP contribution is 2.32. The molecule has 0 saturated carbocycles. The van der Waals surface area contributed by atoms with Gasteiger partial charge in [0.05, 0.1) is 6.61 Å². The molecule has 0 unspecified atom stereocenters. The van der Waals surface area contributed by atoms with Gasteiger partial charge in [-0.2, -0.15) is 0 Å². The Morgan fingerprint density at radius 1 is 1.43 bits per heavy atom. The van der Waals surface area contributed by atoms with E-state index in [0.717, 1.165) is 12.0 Å². The summed E-state index contributed by atoms with van der Waals surface area (Å²) in [5.74, 6) is 0. The summed E-state index contributed by atoms with van der Waals surface area (Å²) in [6.07, 6.45) is 1.02. The van der Waals surface area contributed by atoms with Gasteiger partial charge < -0.3 is 5.11 Å². The third-order valence-corrected chi connectivity index (χ3v) is 4.64. The van der Waals surface area contributed by atoms with Crippen molar-refractivity contribution in [2.24, 2.45) is 0 Å². The van der Waals surface area contributed by atoms with E-state index in [1.165, 1.54) is 19.2 Å². The van der Waals surface area contributed by atoms with Crippen LogP contribution in [0.4, 0.5) is 0 Å². The van der Waals surface area contributed by atoms with Crippen LogP contribution in [-0.4, -0.2) is 5.11 Å². The molecule has 0 aliphatic rings. The van der Waals surface area contributed by atoms with Crippen LogP contribution in [0.2, 0.25) is 0 Å². The molecule has 1 heterocycles. The zero-order valence-electron chi connectivity index (χ0n) is 7.88. The zero-order valence-corrected chi connectivity index (χ0v) is 10.9. The molecule has 74 valence electrons. The smallest absolute Gasteiger partial charge is 0.0695 e. The van der Waals surface area contributed by atoms with Gasteiger partial charge in [0.2, 0.25) is 0 Å². The fourth-order valence-corrected chi connectivity index (χ4v) is 3.70.